The molecule has 0 spiro atoms. The lowest BCUT2D eigenvalue weighted by molar-refractivity contribution is 0.262. The van der Waals surface area contributed by atoms with E-state index < -0.39 is 11.7 Å². The van der Waals surface area contributed by atoms with Gasteiger partial charge in [0.05, 0.1) is 43.6 Å². The SMILES string of the molecule is COc1ccc(-n2nc(C(C)(C)C)cc2NC(=O)Nc2cccc(Oc3nc(=O)[nH]c4cc(OC)c(OC)cc34)c2)cc1. The van der Waals surface area contributed by atoms with Crippen LogP contribution < -0.4 is 35.3 Å². The third-order valence-electron chi connectivity index (χ3n) is 6.54. The van der Waals surface area contributed by atoms with Crippen LogP contribution in [0.15, 0.2) is 71.5 Å². The zero-order valence-corrected chi connectivity index (χ0v) is 24.6. The molecule has 0 aliphatic carbocycles. The molecule has 0 fully saturated rings. The van der Waals surface area contributed by atoms with Gasteiger partial charge in [0, 0.05) is 29.3 Å². The van der Waals surface area contributed by atoms with E-state index in [0.717, 1.165) is 11.4 Å². The van der Waals surface area contributed by atoms with Crippen molar-refractivity contribution in [2.75, 3.05) is 32.0 Å². The molecular formula is C31H32N6O6. The molecule has 0 aliphatic rings. The van der Waals surface area contributed by atoms with Crippen LogP contribution in [0.5, 0.6) is 28.9 Å². The molecule has 2 amide bonds. The number of carbonyl (C=O) groups is 1. The predicted octanol–water partition coefficient (Wildman–Crippen LogP) is 5.87. The van der Waals surface area contributed by atoms with Gasteiger partial charge in [-0.05, 0) is 42.5 Å². The lowest BCUT2D eigenvalue weighted by Crippen LogP contribution is -2.21. The van der Waals surface area contributed by atoms with Crippen molar-refractivity contribution in [2.45, 2.75) is 26.2 Å². The number of carbonyl (C=O) groups excluding carboxylic acids is 1. The van der Waals surface area contributed by atoms with E-state index in [1.54, 1.807) is 48.2 Å². The third kappa shape index (κ3) is 6.38. The largest absolute Gasteiger partial charge is 0.497 e. The molecule has 0 saturated carbocycles. The van der Waals surface area contributed by atoms with E-state index in [1.165, 1.54) is 14.2 Å². The van der Waals surface area contributed by atoms with Crippen LogP contribution in [-0.2, 0) is 5.41 Å². The van der Waals surface area contributed by atoms with Gasteiger partial charge in [0.25, 0.3) is 0 Å². The van der Waals surface area contributed by atoms with Gasteiger partial charge in [-0.2, -0.15) is 10.1 Å². The van der Waals surface area contributed by atoms with Crippen LogP contribution in [0.4, 0.5) is 16.3 Å². The molecule has 5 aromatic rings. The maximum absolute atomic E-state index is 13.1. The number of fused-ring (bicyclic) bond motifs is 1. The van der Waals surface area contributed by atoms with Gasteiger partial charge in [0.15, 0.2) is 11.5 Å². The summed E-state index contributed by atoms with van der Waals surface area (Å²) < 4.78 is 23.7. The highest BCUT2D eigenvalue weighted by Crippen LogP contribution is 2.35. The minimum Gasteiger partial charge on any atom is -0.497 e. The molecule has 12 heteroatoms. The Morgan fingerprint density at radius 3 is 2.26 bits per heavy atom. The third-order valence-corrected chi connectivity index (χ3v) is 6.54. The number of urea groups is 1. The first-order chi connectivity index (χ1) is 20.6. The quantitative estimate of drug-likeness (QED) is 0.206. The smallest absolute Gasteiger partial charge is 0.348 e. The van der Waals surface area contributed by atoms with Gasteiger partial charge in [-0.25, -0.2) is 14.3 Å². The molecule has 0 aliphatic heterocycles. The molecule has 2 aromatic heterocycles. The van der Waals surface area contributed by atoms with Crippen molar-refractivity contribution in [2.24, 2.45) is 0 Å². The monoisotopic (exact) mass is 584 g/mol. The number of anilines is 2. The number of H-pyrrole nitrogens is 1. The number of ether oxygens (including phenoxy) is 4. The fraction of sp³-hybridized carbons (Fsp3) is 0.226. The zero-order chi connectivity index (χ0) is 30.7. The van der Waals surface area contributed by atoms with Crippen molar-refractivity contribution in [1.82, 2.24) is 19.7 Å². The van der Waals surface area contributed by atoms with Crippen molar-refractivity contribution < 1.29 is 23.7 Å². The Morgan fingerprint density at radius 2 is 1.58 bits per heavy atom. The Morgan fingerprint density at radius 1 is 0.860 bits per heavy atom. The molecule has 0 saturated heterocycles. The van der Waals surface area contributed by atoms with Gasteiger partial charge in [-0.1, -0.05) is 26.8 Å². The lowest BCUT2D eigenvalue weighted by atomic mass is 9.92. The Bertz CT molecular complexity index is 1840. The first-order valence-electron chi connectivity index (χ1n) is 13.3. The first kappa shape index (κ1) is 29.0. The van der Waals surface area contributed by atoms with Crippen LogP contribution in [-0.4, -0.2) is 47.1 Å². The van der Waals surface area contributed by atoms with E-state index in [1.807, 2.05) is 51.1 Å². The normalized spacial score (nSPS) is 11.2. The van der Waals surface area contributed by atoms with E-state index in [-0.39, 0.29) is 11.3 Å². The molecule has 12 nitrogen and oxygen atoms in total. The van der Waals surface area contributed by atoms with Crippen LogP contribution in [0.2, 0.25) is 0 Å². The molecule has 0 radical (unpaired) electrons. The van der Waals surface area contributed by atoms with Crippen molar-refractivity contribution in [3.63, 3.8) is 0 Å². The van der Waals surface area contributed by atoms with Crippen LogP contribution in [0, 0.1) is 0 Å². The highest BCUT2D eigenvalue weighted by molar-refractivity contribution is 5.99. The molecular weight excluding hydrogens is 552 g/mol. The summed E-state index contributed by atoms with van der Waals surface area (Å²) in [6, 6.07) is 18.8. The van der Waals surface area contributed by atoms with Crippen molar-refractivity contribution >= 4 is 28.4 Å². The summed E-state index contributed by atoms with van der Waals surface area (Å²) in [4.78, 5) is 32.1. The predicted molar refractivity (Wildman–Crippen MR) is 163 cm³/mol. The molecule has 3 aromatic carbocycles. The maximum Gasteiger partial charge on any atom is 0.348 e. The lowest BCUT2D eigenvalue weighted by Gasteiger charge is -2.14. The summed E-state index contributed by atoms with van der Waals surface area (Å²) >= 11 is 0. The van der Waals surface area contributed by atoms with Crippen LogP contribution in [0.3, 0.4) is 0 Å². The minimum absolute atomic E-state index is 0.0689. The number of benzene rings is 3. The number of hydrogen-bond donors (Lipinski definition) is 3. The topological polar surface area (TPSA) is 142 Å². The van der Waals surface area contributed by atoms with Gasteiger partial charge in [-0.3, -0.25) is 5.32 Å². The Balaban J connectivity index is 1.38. The van der Waals surface area contributed by atoms with E-state index in [2.05, 4.69) is 20.6 Å². The average Bonchev–Trinajstić information content (AvgIpc) is 3.41. The maximum atomic E-state index is 13.1. The summed E-state index contributed by atoms with van der Waals surface area (Å²) in [7, 11) is 4.62. The Hall–Kier alpha value is -5.52. The average molecular weight is 585 g/mol. The van der Waals surface area contributed by atoms with E-state index >= 15 is 0 Å². The van der Waals surface area contributed by atoms with Crippen LogP contribution in [0.25, 0.3) is 16.6 Å². The number of nitrogens with one attached hydrogen (secondary N) is 3. The summed E-state index contributed by atoms with van der Waals surface area (Å²) in [6.45, 7) is 6.15. The van der Waals surface area contributed by atoms with Crippen molar-refractivity contribution in [3.8, 4) is 34.6 Å². The van der Waals surface area contributed by atoms with Crippen LogP contribution >= 0.6 is 0 Å². The molecule has 0 unspecified atom stereocenters. The van der Waals surface area contributed by atoms with Gasteiger partial charge >= 0.3 is 11.7 Å². The summed E-state index contributed by atoms with van der Waals surface area (Å²) in [5, 5.41) is 11.0. The van der Waals surface area contributed by atoms with Crippen molar-refractivity contribution in [1.29, 1.82) is 0 Å². The number of amides is 2. The molecule has 3 N–H and O–H groups in total. The number of hydrogen-bond acceptors (Lipinski definition) is 8. The first-order valence-corrected chi connectivity index (χ1v) is 13.3. The number of aromatic nitrogens is 4. The van der Waals surface area contributed by atoms with E-state index in [0.29, 0.717) is 45.4 Å². The molecule has 2 heterocycles. The molecule has 5 rings (SSSR count). The van der Waals surface area contributed by atoms with Gasteiger partial charge < -0.3 is 29.2 Å². The highest BCUT2D eigenvalue weighted by Gasteiger charge is 2.22. The minimum atomic E-state index is -0.591. The van der Waals surface area contributed by atoms with Crippen LogP contribution in [0.1, 0.15) is 26.5 Å². The summed E-state index contributed by atoms with van der Waals surface area (Å²) in [6.07, 6.45) is 0. The number of aromatic amines is 1. The van der Waals surface area contributed by atoms with Gasteiger partial charge in [0.2, 0.25) is 5.88 Å². The number of methoxy groups -OCH3 is 3. The van der Waals surface area contributed by atoms with Crippen molar-refractivity contribution in [3.05, 3.63) is 82.9 Å². The standard InChI is InChI=1S/C31H32N6O6/c1-31(2,3)26-17-27(37(36-26)19-10-12-20(40-4)13-11-19)34-29(38)32-18-8-7-9-21(14-18)43-28-22-15-24(41-5)25(42-6)16-23(22)33-30(39)35-28/h7-17H,1-6H3,(H2,32,34,38)(H,33,35,39). The summed E-state index contributed by atoms with van der Waals surface area (Å²) in [5.74, 6) is 2.52. The molecule has 0 bridgehead atoms. The molecule has 43 heavy (non-hydrogen) atoms. The molecule has 222 valence electrons. The highest BCUT2D eigenvalue weighted by atomic mass is 16.5. The molecule has 0 atom stereocenters. The second-order valence-corrected chi connectivity index (χ2v) is 10.6. The Labute approximate surface area is 247 Å². The second kappa shape index (κ2) is 11.8. The Kier molecular flexibility index (Phi) is 7.93. The number of rotatable bonds is 8. The fourth-order valence-electron chi connectivity index (χ4n) is 4.32. The zero-order valence-electron chi connectivity index (χ0n) is 24.6. The summed E-state index contributed by atoms with van der Waals surface area (Å²) in [5.41, 5.74) is 1.64. The number of nitrogens with zero attached hydrogens (tertiary/aromatic N) is 3. The van der Waals surface area contributed by atoms with Gasteiger partial charge in [-0.15, -0.1) is 0 Å². The van der Waals surface area contributed by atoms with Gasteiger partial charge in [0.1, 0.15) is 17.3 Å². The fourth-order valence-corrected chi connectivity index (χ4v) is 4.32. The van der Waals surface area contributed by atoms with E-state index in [9.17, 15) is 9.59 Å². The second-order valence-electron chi connectivity index (χ2n) is 10.6. The van der Waals surface area contributed by atoms with E-state index in [4.69, 9.17) is 24.0 Å².